The average molecular weight is 213 g/mol. The molecule has 0 spiro atoms. The lowest BCUT2D eigenvalue weighted by molar-refractivity contribution is 0.0754. The molecule has 0 unspecified atom stereocenters. The fraction of sp³-hybridized carbons (Fsp3) is 0.400. The first-order valence-electron chi connectivity index (χ1n) is 4.40. The van der Waals surface area contributed by atoms with E-state index < -0.39 is 0 Å². The van der Waals surface area contributed by atoms with Crippen LogP contribution >= 0.6 is 11.6 Å². The van der Waals surface area contributed by atoms with E-state index in [-0.39, 0.29) is 11.9 Å². The fourth-order valence-electron chi connectivity index (χ4n) is 0.959. The summed E-state index contributed by atoms with van der Waals surface area (Å²) >= 11 is 5.88. The van der Waals surface area contributed by atoms with Gasteiger partial charge in [0.1, 0.15) is 0 Å². The number of hydrogen-bond acceptors (Lipinski definition) is 2. The second kappa shape index (κ2) is 4.42. The minimum absolute atomic E-state index is 0.0990. The van der Waals surface area contributed by atoms with Crippen LogP contribution in [0.1, 0.15) is 24.2 Å². The maximum atomic E-state index is 11.8. The monoisotopic (exact) mass is 212 g/mol. The highest BCUT2D eigenvalue weighted by Crippen LogP contribution is 2.15. The van der Waals surface area contributed by atoms with E-state index in [0.29, 0.717) is 10.6 Å². The van der Waals surface area contributed by atoms with E-state index in [4.69, 9.17) is 11.6 Å². The van der Waals surface area contributed by atoms with Gasteiger partial charge >= 0.3 is 0 Å². The molecule has 0 saturated carbocycles. The van der Waals surface area contributed by atoms with Crippen LogP contribution in [0.4, 0.5) is 0 Å². The zero-order valence-corrected chi connectivity index (χ0v) is 9.25. The summed E-state index contributed by atoms with van der Waals surface area (Å²) in [6, 6.07) is 1.77. The molecule has 0 aliphatic rings. The SMILES string of the molecule is CC(C)N(C)C(=O)c1cnccc1Cl. The first-order chi connectivity index (χ1) is 6.54. The number of rotatable bonds is 2. The third-order valence-electron chi connectivity index (χ3n) is 2.09. The van der Waals surface area contributed by atoms with Gasteiger partial charge in [0.15, 0.2) is 0 Å². The Kier molecular flexibility index (Phi) is 3.47. The molecule has 0 atom stereocenters. The van der Waals surface area contributed by atoms with E-state index in [2.05, 4.69) is 4.98 Å². The van der Waals surface area contributed by atoms with Gasteiger partial charge in [-0.25, -0.2) is 0 Å². The van der Waals surface area contributed by atoms with Crippen molar-refractivity contribution in [2.45, 2.75) is 19.9 Å². The van der Waals surface area contributed by atoms with Crippen LogP contribution < -0.4 is 0 Å². The second-order valence-electron chi connectivity index (χ2n) is 3.37. The quantitative estimate of drug-likeness (QED) is 0.753. The molecule has 3 nitrogen and oxygen atoms in total. The van der Waals surface area contributed by atoms with E-state index in [1.165, 1.54) is 6.20 Å². The van der Waals surface area contributed by atoms with Crippen LogP contribution in [-0.4, -0.2) is 28.9 Å². The first kappa shape index (κ1) is 11.0. The predicted molar refractivity (Wildman–Crippen MR) is 56.5 cm³/mol. The van der Waals surface area contributed by atoms with E-state index in [1.807, 2.05) is 13.8 Å². The van der Waals surface area contributed by atoms with Gasteiger partial charge in [-0.05, 0) is 19.9 Å². The van der Waals surface area contributed by atoms with Crippen molar-refractivity contribution in [3.05, 3.63) is 29.0 Å². The van der Waals surface area contributed by atoms with Crippen molar-refractivity contribution in [1.29, 1.82) is 0 Å². The number of hydrogen-bond donors (Lipinski definition) is 0. The molecule has 1 aromatic rings. The molecule has 4 heteroatoms. The Morgan fingerprint density at radius 3 is 2.71 bits per heavy atom. The molecular weight excluding hydrogens is 200 g/mol. The van der Waals surface area contributed by atoms with Crippen LogP contribution in [0.5, 0.6) is 0 Å². The number of nitrogens with zero attached hydrogens (tertiary/aromatic N) is 2. The molecule has 1 aromatic heterocycles. The summed E-state index contributed by atoms with van der Waals surface area (Å²) in [7, 11) is 1.75. The zero-order chi connectivity index (χ0) is 10.7. The summed E-state index contributed by atoms with van der Waals surface area (Å²) in [5, 5.41) is 0.442. The smallest absolute Gasteiger partial charge is 0.256 e. The van der Waals surface area contributed by atoms with Gasteiger partial charge in [-0.15, -0.1) is 0 Å². The van der Waals surface area contributed by atoms with Crippen molar-refractivity contribution in [2.75, 3.05) is 7.05 Å². The number of pyridine rings is 1. The van der Waals surface area contributed by atoms with Gasteiger partial charge in [-0.1, -0.05) is 11.6 Å². The molecule has 1 amide bonds. The molecule has 14 heavy (non-hydrogen) atoms. The molecule has 1 heterocycles. The van der Waals surface area contributed by atoms with Crippen molar-refractivity contribution in [3.63, 3.8) is 0 Å². The highest BCUT2D eigenvalue weighted by atomic mass is 35.5. The third kappa shape index (κ3) is 2.23. The average Bonchev–Trinajstić information content (AvgIpc) is 2.16. The maximum absolute atomic E-state index is 11.8. The van der Waals surface area contributed by atoms with Crippen LogP contribution in [0.15, 0.2) is 18.5 Å². The van der Waals surface area contributed by atoms with Gasteiger partial charge in [-0.2, -0.15) is 0 Å². The number of carbonyl (C=O) groups excluding carboxylic acids is 1. The van der Waals surface area contributed by atoms with Crippen LogP contribution in [-0.2, 0) is 0 Å². The molecule has 0 N–H and O–H groups in total. The molecule has 0 fully saturated rings. The number of amides is 1. The summed E-state index contributed by atoms with van der Waals surface area (Å²) in [6.07, 6.45) is 3.05. The summed E-state index contributed by atoms with van der Waals surface area (Å²) in [5.74, 6) is -0.0990. The van der Waals surface area contributed by atoms with Crippen molar-refractivity contribution >= 4 is 17.5 Å². The standard InChI is InChI=1S/C10H13ClN2O/c1-7(2)13(3)10(14)8-6-12-5-4-9(8)11/h4-7H,1-3H3. The Balaban J connectivity index is 2.95. The predicted octanol–water partition coefficient (Wildman–Crippen LogP) is 2.22. The Bertz CT molecular complexity index is 339. The lowest BCUT2D eigenvalue weighted by Crippen LogP contribution is -2.33. The van der Waals surface area contributed by atoms with E-state index in [0.717, 1.165) is 0 Å². The van der Waals surface area contributed by atoms with Gasteiger partial charge in [0.25, 0.3) is 5.91 Å². The molecule has 0 saturated heterocycles. The molecule has 0 bridgehead atoms. The van der Waals surface area contributed by atoms with E-state index in [9.17, 15) is 4.79 Å². The minimum Gasteiger partial charge on any atom is -0.339 e. The molecule has 0 aliphatic heterocycles. The number of carbonyl (C=O) groups is 1. The Hall–Kier alpha value is -1.09. The molecular formula is C10H13ClN2O. The molecule has 0 aliphatic carbocycles. The Morgan fingerprint density at radius 1 is 1.57 bits per heavy atom. The van der Waals surface area contributed by atoms with Gasteiger partial charge in [-0.3, -0.25) is 9.78 Å². The maximum Gasteiger partial charge on any atom is 0.256 e. The summed E-state index contributed by atoms with van der Waals surface area (Å²) in [6.45, 7) is 3.89. The van der Waals surface area contributed by atoms with Gasteiger partial charge in [0, 0.05) is 25.5 Å². The summed E-state index contributed by atoms with van der Waals surface area (Å²) < 4.78 is 0. The zero-order valence-electron chi connectivity index (χ0n) is 8.49. The Morgan fingerprint density at radius 2 is 2.21 bits per heavy atom. The number of halogens is 1. The van der Waals surface area contributed by atoms with Gasteiger partial charge < -0.3 is 4.90 Å². The fourth-order valence-corrected chi connectivity index (χ4v) is 1.15. The highest BCUT2D eigenvalue weighted by Gasteiger charge is 2.16. The molecule has 1 rings (SSSR count). The van der Waals surface area contributed by atoms with E-state index >= 15 is 0 Å². The highest BCUT2D eigenvalue weighted by molar-refractivity contribution is 6.33. The van der Waals surface area contributed by atoms with Crippen LogP contribution in [0.25, 0.3) is 0 Å². The second-order valence-corrected chi connectivity index (χ2v) is 3.77. The third-order valence-corrected chi connectivity index (χ3v) is 2.42. The minimum atomic E-state index is -0.0990. The van der Waals surface area contributed by atoms with Crippen LogP contribution in [0, 0.1) is 0 Å². The van der Waals surface area contributed by atoms with Gasteiger partial charge in [0.2, 0.25) is 0 Å². The number of aromatic nitrogens is 1. The first-order valence-corrected chi connectivity index (χ1v) is 4.78. The molecule has 0 radical (unpaired) electrons. The topological polar surface area (TPSA) is 33.2 Å². The lowest BCUT2D eigenvalue weighted by Gasteiger charge is -2.21. The van der Waals surface area contributed by atoms with Gasteiger partial charge in [0.05, 0.1) is 10.6 Å². The van der Waals surface area contributed by atoms with Crippen molar-refractivity contribution < 1.29 is 4.79 Å². The molecule has 76 valence electrons. The van der Waals surface area contributed by atoms with E-state index in [1.54, 1.807) is 24.2 Å². The lowest BCUT2D eigenvalue weighted by atomic mass is 10.2. The normalized spacial score (nSPS) is 10.4. The van der Waals surface area contributed by atoms with Crippen molar-refractivity contribution in [2.24, 2.45) is 0 Å². The summed E-state index contributed by atoms with van der Waals surface area (Å²) in [4.78, 5) is 17.3. The summed E-state index contributed by atoms with van der Waals surface area (Å²) in [5.41, 5.74) is 0.449. The Labute approximate surface area is 88.7 Å². The van der Waals surface area contributed by atoms with Crippen LogP contribution in [0.3, 0.4) is 0 Å². The van der Waals surface area contributed by atoms with Crippen LogP contribution in [0.2, 0.25) is 5.02 Å². The van der Waals surface area contributed by atoms with Crippen molar-refractivity contribution in [1.82, 2.24) is 9.88 Å². The van der Waals surface area contributed by atoms with Crippen molar-refractivity contribution in [3.8, 4) is 0 Å². The largest absolute Gasteiger partial charge is 0.339 e. The molecule has 0 aromatic carbocycles.